The van der Waals surface area contributed by atoms with Crippen molar-refractivity contribution in [2.45, 2.75) is 26.2 Å². The molecule has 0 aromatic heterocycles. The number of aromatic hydroxyl groups is 1. The van der Waals surface area contributed by atoms with Crippen LogP contribution in [0.3, 0.4) is 0 Å². The summed E-state index contributed by atoms with van der Waals surface area (Å²) in [7, 11) is 0. The third-order valence-corrected chi connectivity index (χ3v) is 2.32. The van der Waals surface area contributed by atoms with Gasteiger partial charge in [0.25, 0.3) is 0 Å². The predicted molar refractivity (Wildman–Crippen MR) is 65.0 cm³/mol. The highest BCUT2D eigenvalue weighted by Gasteiger charge is 2.14. The molecule has 0 saturated heterocycles. The number of benzene rings is 1. The van der Waals surface area contributed by atoms with Gasteiger partial charge in [-0.15, -0.1) is 0 Å². The van der Waals surface area contributed by atoms with Gasteiger partial charge in [0, 0.05) is 11.6 Å². The van der Waals surface area contributed by atoms with Crippen molar-refractivity contribution in [3.8, 4) is 5.75 Å². The summed E-state index contributed by atoms with van der Waals surface area (Å²) < 4.78 is 0. The molecule has 0 atom stereocenters. The van der Waals surface area contributed by atoms with E-state index in [1.54, 1.807) is 6.07 Å². The van der Waals surface area contributed by atoms with Crippen molar-refractivity contribution >= 4 is 12.0 Å². The Kier molecular flexibility index (Phi) is 3.38. The Morgan fingerprint density at radius 1 is 1.38 bits per heavy atom. The summed E-state index contributed by atoms with van der Waals surface area (Å²) in [5.41, 5.74) is 6.70. The summed E-state index contributed by atoms with van der Waals surface area (Å²) in [4.78, 5) is 10.6. The van der Waals surface area contributed by atoms with E-state index in [1.165, 1.54) is 12.2 Å². The number of carbonyl (C=O) groups is 1. The molecule has 86 valence electrons. The second-order valence-corrected chi connectivity index (χ2v) is 4.76. The van der Waals surface area contributed by atoms with Crippen LogP contribution in [0.15, 0.2) is 24.3 Å². The zero-order valence-corrected chi connectivity index (χ0v) is 9.82. The number of hydrogen-bond acceptors (Lipinski definition) is 2. The molecule has 0 aliphatic rings. The molecular formula is C13H17NO2. The Morgan fingerprint density at radius 2 is 2.00 bits per heavy atom. The number of primary amides is 1. The zero-order valence-electron chi connectivity index (χ0n) is 9.82. The van der Waals surface area contributed by atoms with Gasteiger partial charge in [0.1, 0.15) is 5.75 Å². The smallest absolute Gasteiger partial charge is 0.241 e. The molecule has 3 N–H and O–H groups in total. The van der Waals surface area contributed by atoms with E-state index >= 15 is 0 Å². The zero-order chi connectivity index (χ0) is 12.3. The molecule has 0 heterocycles. The number of phenols is 1. The molecule has 1 amide bonds. The standard InChI is InChI=1S/C13H17NO2/c1-13(2,3)10-5-6-11(15)9(8-10)4-7-12(14)16/h4-8,15H,1-3H3,(H2,14,16). The molecule has 1 rings (SSSR count). The quantitative estimate of drug-likeness (QED) is 0.749. The second kappa shape index (κ2) is 4.39. The Bertz CT molecular complexity index is 428. The van der Waals surface area contributed by atoms with Crippen LogP contribution in [0.2, 0.25) is 0 Å². The first kappa shape index (κ1) is 12.3. The van der Waals surface area contributed by atoms with E-state index in [0.29, 0.717) is 5.56 Å². The van der Waals surface area contributed by atoms with Gasteiger partial charge in [-0.05, 0) is 29.2 Å². The van der Waals surface area contributed by atoms with Crippen molar-refractivity contribution < 1.29 is 9.90 Å². The first-order valence-corrected chi connectivity index (χ1v) is 5.12. The highest BCUT2D eigenvalue weighted by Crippen LogP contribution is 2.27. The van der Waals surface area contributed by atoms with Gasteiger partial charge in [0.05, 0.1) is 0 Å². The topological polar surface area (TPSA) is 63.3 Å². The number of phenolic OH excluding ortho intramolecular Hbond substituents is 1. The van der Waals surface area contributed by atoms with Crippen LogP contribution < -0.4 is 5.73 Å². The number of hydrogen-bond donors (Lipinski definition) is 2. The largest absolute Gasteiger partial charge is 0.507 e. The summed E-state index contributed by atoms with van der Waals surface area (Å²) in [5.74, 6) is -0.383. The minimum atomic E-state index is -0.527. The molecule has 0 aliphatic carbocycles. The molecule has 0 spiro atoms. The summed E-state index contributed by atoms with van der Waals surface area (Å²) in [6.07, 6.45) is 2.76. The number of carbonyl (C=O) groups excluding carboxylic acids is 1. The van der Waals surface area contributed by atoms with Gasteiger partial charge in [0.2, 0.25) is 5.91 Å². The Labute approximate surface area is 95.6 Å². The van der Waals surface area contributed by atoms with Crippen molar-refractivity contribution in [1.29, 1.82) is 0 Å². The Hall–Kier alpha value is -1.77. The molecule has 0 radical (unpaired) electrons. The van der Waals surface area contributed by atoms with Crippen LogP contribution in [0, 0.1) is 0 Å². The maximum atomic E-state index is 10.6. The Balaban J connectivity index is 3.14. The van der Waals surface area contributed by atoms with Gasteiger partial charge < -0.3 is 10.8 Å². The highest BCUT2D eigenvalue weighted by molar-refractivity contribution is 5.90. The SMILES string of the molecule is CC(C)(C)c1ccc(O)c(C=CC(N)=O)c1. The summed E-state index contributed by atoms with van der Waals surface area (Å²) in [5, 5.41) is 9.61. The van der Waals surface area contributed by atoms with Gasteiger partial charge in [0.15, 0.2) is 0 Å². The fraction of sp³-hybridized carbons (Fsp3) is 0.308. The number of nitrogens with two attached hydrogens (primary N) is 1. The average molecular weight is 219 g/mol. The van der Waals surface area contributed by atoms with Crippen LogP contribution in [0.1, 0.15) is 31.9 Å². The summed E-state index contributed by atoms with van der Waals surface area (Å²) in [6.45, 7) is 6.25. The molecular weight excluding hydrogens is 202 g/mol. The predicted octanol–water partition coefficient (Wildman–Crippen LogP) is 2.19. The van der Waals surface area contributed by atoms with Gasteiger partial charge in [-0.3, -0.25) is 4.79 Å². The third-order valence-electron chi connectivity index (χ3n) is 2.32. The third kappa shape index (κ3) is 3.12. The van der Waals surface area contributed by atoms with E-state index < -0.39 is 5.91 Å². The minimum absolute atomic E-state index is 0.00299. The Morgan fingerprint density at radius 3 is 2.50 bits per heavy atom. The van der Waals surface area contributed by atoms with E-state index in [2.05, 4.69) is 20.8 Å². The lowest BCUT2D eigenvalue weighted by atomic mass is 9.86. The van der Waals surface area contributed by atoms with Crippen LogP contribution in [0.4, 0.5) is 0 Å². The molecule has 1 aromatic carbocycles. The molecule has 0 unspecified atom stereocenters. The van der Waals surface area contributed by atoms with E-state index in [9.17, 15) is 9.90 Å². The normalized spacial score (nSPS) is 11.9. The maximum absolute atomic E-state index is 10.6. The molecule has 0 aliphatic heterocycles. The van der Waals surface area contributed by atoms with Crippen LogP contribution in [-0.2, 0) is 10.2 Å². The molecule has 3 nitrogen and oxygen atoms in total. The van der Waals surface area contributed by atoms with Crippen LogP contribution in [0.5, 0.6) is 5.75 Å². The van der Waals surface area contributed by atoms with Crippen LogP contribution in [-0.4, -0.2) is 11.0 Å². The van der Waals surface area contributed by atoms with Crippen molar-refractivity contribution in [2.75, 3.05) is 0 Å². The molecule has 0 saturated carbocycles. The molecule has 16 heavy (non-hydrogen) atoms. The van der Waals surface area contributed by atoms with Crippen molar-refractivity contribution in [3.05, 3.63) is 35.4 Å². The molecule has 1 aromatic rings. The van der Waals surface area contributed by atoms with Gasteiger partial charge >= 0.3 is 0 Å². The number of rotatable bonds is 2. The summed E-state index contributed by atoms with van der Waals surface area (Å²) >= 11 is 0. The monoisotopic (exact) mass is 219 g/mol. The van der Waals surface area contributed by atoms with Gasteiger partial charge in [-0.1, -0.05) is 26.8 Å². The first-order chi connectivity index (χ1) is 7.30. The van der Waals surface area contributed by atoms with Gasteiger partial charge in [-0.25, -0.2) is 0 Å². The van der Waals surface area contributed by atoms with E-state index in [-0.39, 0.29) is 11.2 Å². The lowest BCUT2D eigenvalue weighted by Gasteiger charge is -2.19. The lowest BCUT2D eigenvalue weighted by Crippen LogP contribution is -2.11. The fourth-order valence-corrected chi connectivity index (χ4v) is 1.33. The van der Waals surface area contributed by atoms with Crippen molar-refractivity contribution in [2.24, 2.45) is 5.73 Å². The van der Waals surface area contributed by atoms with E-state index in [4.69, 9.17) is 5.73 Å². The van der Waals surface area contributed by atoms with Crippen molar-refractivity contribution in [1.82, 2.24) is 0 Å². The fourth-order valence-electron chi connectivity index (χ4n) is 1.33. The second-order valence-electron chi connectivity index (χ2n) is 4.76. The van der Waals surface area contributed by atoms with Crippen molar-refractivity contribution in [3.63, 3.8) is 0 Å². The minimum Gasteiger partial charge on any atom is -0.507 e. The van der Waals surface area contributed by atoms with Crippen LogP contribution in [0.25, 0.3) is 6.08 Å². The van der Waals surface area contributed by atoms with E-state index in [1.807, 2.05) is 12.1 Å². The average Bonchev–Trinajstić information content (AvgIpc) is 2.14. The van der Waals surface area contributed by atoms with Crippen LogP contribution >= 0.6 is 0 Å². The maximum Gasteiger partial charge on any atom is 0.241 e. The molecule has 0 fully saturated rings. The van der Waals surface area contributed by atoms with Gasteiger partial charge in [-0.2, -0.15) is 0 Å². The highest BCUT2D eigenvalue weighted by atomic mass is 16.3. The number of amides is 1. The lowest BCUT2D eigenvalue weighted by molar-refractivity contribution is -0.113. The van der Waals surface area contributed by atoms with E-state index in [0.717, 1.165) is 5.56 Å². The summed E-state index contributed by atoms with van der Waals surface area (Å²) in [6, 6.07) is 5.35. The molecule has 3 heteroatoms. The molecule has 0 bridgehead atoms. The first-order valence-electron chi connectivity index (χ1n) is 5.12.